The molecule has 3 heterocycles. The summed E-state index contributed by atoms with van der Waals surface area (Å²) in [5.41, 5.74) is 5.54. The molecule has 2 aromatic heterocycles. The largest absolute Gasteiger partial charge is 0.388 e. The van der Waals surface area contributed by atoms with Gasteiger partial charge in [0.05, 0.1) is 11.7 Å². The number of piperazine rings is 1. The first-order valence-corrected chi connectivity index (χ1v) is 9.83. The Morgan fingerprint density at radius 3 is 2.59 bits per heavy atom. The van der Waals surface area contributed by atoms with E-state index < -0.39 is 0 Å². The number of hydrogen-bond donors (Lipinski definition) is 2. The molecule has 0 radical (unpaired) electrons. The van der Waals surface area contributed by atoms with Crippen LogP contribution in [0.15, 0.2) is 61.2 Å². The SMILES string of the molecule is CNc1cccc(N2CCN(c3ncnc4ccc(-c5cn[nH]c5)cc34)CC2)c1. The fourth-order valence-corrected chi connectivity index (χ4v) is 3.92. The van der Waals surface area contributed by atoms with Crippen LogP contribution in [0.3, 0.4) is 0 Å². The second kappa shape index (κ2) is 7.43. The summed E-state index contributed by atoms with van der Waals surface area (Å²) in [5.74, 6) is 1.00. The van der Waals surface area contributed by atoms with Crippen molar-refractivity contribution in [3.8, 4) is 11.1 Å². The molecule has 0 bridgehead atoms. The predicted octanol–water partition coefficient (Wildman–Crippen LogP) is 3.39. The Hall–Kier alpha value is -3.61. The van der Waals surface area contributed by atoms with Crippen molar-refractivity contribution in [1.82, 2.24) is 20.2 Å². The number of aromatic amines is 1. The maximum absolute atomic E-state index is 4.64. The zero-order valence-corrected chi connectivity index (χ0v) is 16.3. The second-order valence-electron chi connectivity index (χ2n) is 7.19. The molecule has 29 heavy (non-hydrogen) atoms. The van der Waals surface area contributed by atoms with Gasteiger partial charge in [0.15, 0.2) is 0 Å². The van der Waals surface area contributed by atoms with Crippen molar-refractivity contribution < 1.29 is 0 Å². The molecule has 0 unspecified atom stereocenters. The van der Waals surface area contributed by atoms with Gasteiger partial charge < -0.3 is 15.1 Å². The van der Waals surface area contributed by atoms with Gasteiger partial charge in [-0.15, -0.1) is 0 Å². The summed E-state index contributed by atoms with van der Waals surface area (Å²) < 4.78 is 0. The molecule has 7 nitrogen and oxygen atoms in total. The summed E-state index contributed by atoms with van der Waals surface area (Å²) in [7, 11) is 1.95. The maximum Gasteiger partial charge on any atom is 0.140 e. The van der Waals surface area contributed by atoms with E-state index in [0.29, 0.717) is 0 Å². The molecule has 0 spiro atoms. The van der Waals surface area contributed by atoms with Gasteiger partial charge in [0.1, 0.15) is 12.1 Å². The van der Waals surface area contributed by atoms with Gasteiger partial charge in [0.25, 0.3) is 0 Å². The lowest BCUT2D eigenvalue weighted by Crippen LogP contribution is -2.46. The van der Waals surface area contributed by atoms with Crippen LogP contribution in [0.1, 0.15) is 0 Å². The maximum atomic E-state index is 4.64. The van der Waals surface area contributed by atoms with E-state index >= 15 is 0 Å². The van der Waals surface area contributed by atoms with Gasteiger partial charge in [-0.25, -0.2) is 9.97 Å². The monoisotopic (exact) mass is 385 g/mol. The van der Waals surface area contributed by atoms with Crippen molar-refractivity contribution in [2.75, 3.05) is 48.3 Å². The van der Waals surface area contributed by atoms with Crippen molar-refractivity contribution in [2.24, 2.45) is 0 Å². The fourth-order valence-electron chi connectivity index (χ4n) is 3.92. The van der Waals surface area contributed by atoms with Gasteiger partial charge >= 0.3 is 0 Å². The normalized spacial score (nSPS) is 14.4. The molecule has 0 saturated carbocycles. The Kier molecular flexibility index (Phi) is 4.48. The Morgan fingerprint density at radius 2 is 1.79 bits per heavy atom. The molecule has 1 aliphatic heterocycles. The minimum atomic E-state index is 0.922. The van der Waals surface area contributed by atoms with Crippen LogP contribution in [-0.4, -0.2) is 53.4 Å². The topological polar surface area (TPSA) is 73.0 Å². The van der Waals surface area contributed by atoms with Crippen LogP contribution in [0.4, 0.5) is 17.2 Å². The number of nitrogens with zero attached hydrogens (tertiary/aromatic N) is 5. The quantitative estimate of drug-likeness (QED) is 0.561. The molecule has 5 rings (SSSR count). The van der Waals surface area contributed by atoms with Crippen LogP contribution >= 0.6 is 0 Å². The van der Waals surface area contributed by atoms with Crippen molar-refractivity contribution in [3.63, 3.8) is 0 Å². The van der Waals surface area contributed by atoms with E-state index in [9.17, 15) is 0 Å². The third-order valence-corrected chi connectivity index (χ3v) is 5.53. The number of benzene rings is 2. The Labute approximate surface area is 169 Å². The zero-order chi connectivity index (χ0) is 19.6. The lowest BCUT2D eigenvalue weighted by atomic mass is 10.1. The van der Waals surface area contributed by atoms with E-state index in [-0.39, 0.29) is 0 Å². The highest BCUT2D eigenvalue weighted by Crippen LogP contribution is 2.29. The Morgan fingerprint density at radius 1 is 0.931 bits per heavy atom. The van der Waals surface area contributed by atoms with E-state index in [4.69, 9.17) is 0 Å². The Balaban J connectivity index is 1.41. The average molecular weight is 385 g/mol. The summed E-state index contributed by atoms with van der Waals surface area (Å²) in [5, 5.41) is 11.2. The van der Waals surface area contributed by atoms with E-state index in [1.807, 2.05) is 19.4 Å². The van der Waals surface area contributed by atoms with Gasteiger partial charge in [-0.1, -0.05) is 12.1 Å². The minimum Gasteiger partial charge on any atom is -0.388 e. The molecular weight excluding hydrogens is 362 g/mol. The van der Waals surface area contributed by atoms with Crippen LogP contribution in [0.2, 0.25) is 0 Å². The predicted molar refractivity (Wildman–Crippen MR) is 118 cm³/mol. The molecule has 0 aliphatic carbocycles. The van der Waals surface area contributed by atoms with E-state index in [1.54, 1.807) is 6.33 Å². The standard InChI is InChI=1S/C22H23N7/c1-23-18-3-2-4-19(12-18)28-7-9-29(10-8-28)22-20-11-16(17-13-26-27-14-17)5-6-21(20)24-15-25-22/h2-6,11-15,23H,7-10H2,1H3,(H,26,27). The zero-order valence-electron chi connectivity index (χ0n) is 16.3. The summed E-state index contributed by atoms with van der Waals surface area (Å²) in [4.78, 5) is 13.9. The van der Waals surface area contributed by atoms with Crippen molar-refractivity contribution in [1.29, 1.82) is 0 Å². The fraction of sp³-hybridized carbons (Fsp3) is 0.227. The second-order valence-corrected chi connectivity index (χ2v) is 7.19. The summed E-state index contributed by atoms with van der Waals surface area (Å²) in [6.07, 6.45) is 5.41. The lowest BCUT2D eigenvalue weighted by molar-refractivity contribution is 0.649. The number of aromatic nitrogens is 4. The molecule has 4 aromatic rings. The molecule has 146 valence electrons. The third-order valence-electron chi connectivity index (χ3n) is 5.53. The molecule has 0 amide bonds. The summed E-state index contributed by atoms with van der Waals surface area (Å²) in [6, 6.07) is 14.9. The first-order valence-electron chi connectivity index (χ1n) is 9.83. The highest BCUT2D eigenvalue weighted by atomic mass is 15.3. The average Bonchev–Trinajstić information content (AvgIpc) is 3.33. The lowest BCUT2D eigenvalue weighted by Gasteiger charge is -2.37. The molecule has 1 fully saturated rings. The van der Waals surface area contributed by atoms with Crippen LogP contribution < -0.4 is 15.1 Å². The molecule has 2 aromatic carbocycles. The first kappa shape index (κ1) is 17.5. The smallest absolute Gasteiger partial charge is 0.140 e. The molecule has 0 atom stereocenters. The van der Waals surface area contributed by atoms with Crippen molar-refractivity contribution >= 4 is 28.1 Å². The number of H-pyrrole nitrogens is 1. The number of rotatable bonds is 4. The Bertz CT molecular complexity index is 1120. The number of fused-ring (bicyclic) bond motifs is 1. The molecule has 1 aliphatic rings. The number of nitrogens with one attached hydrogen (secondary N) is 2. The van der Waals surface area contributed by atoms with Gasteiger partial charge in [-0.05, 0) is 35.9 Å². The van der Waals surface area contributed by atoms with Gasteiger partial charge in [-0.2, -0.15) is 5.10 Å². The third kappa shape index (κ3) is 3.35. The summed E-state index contributed by atoms with van der Waals surface area (Å²) >= 11 is 0. The first-order chi connectivity index (χ1) is 14.3. The number of anilines is 3. The van der Waals surface area contributed by atoms with Crippen LogP contribution in [0.25, 0.3) is 22.0 Å². The van der Waals surface area contributed by atoms with Crippen LogP contribution in [0, 0.1) is 0 Å². The highest BCUT2D eigenvalue weighted by Gasteiger charge is 2.20. The van der Waals surface area contributed by atoms with Gasteiger partial charge in [0, 0.05) is 61.7 Å². The van der Waals surface area contributed by atoms with Crippen molar-refractivity contribution in [2.45, 2.75) is 0 Å². The van der Waals surface area contributed by atoms with Gasteiger partial charge in [0.2, 0.25) is 0 Å². The molecule has 2 N–H and O–H groups in total. The minimum absolute atomic E-state index is 0.922. The van der Waals surface area contributed by atoms with Crippen molar-refractivity contribution in [3.05, 3.63) is 61.2 Å². The van der Waals surface area contributed by atoms with Gasteiger partial charge in [-0.3, -0.25) is 5.10 Å². The van der Waals surface area contributed by atoms with E-state index in [0.717, 1.165) is 59.7 Å². The molecule has 1 saturated heterocycles. The van der Waals surface area contributed by atoms with Crippen LogP contribution in [0.5, 0.6) is 0 Å². The van der Waals surface area contributed by atoms with E-state index in [1.165, 1.54) is 5.69 Å². The molecule has 7 heteroatoms. The highest BCUT2D eigenvalue weighted by molar-refractivity contribution is 5.92. The number of hydrogen-bond acceptors (Lipinski definition) is 6. The van der Waals surface area contributed by atoms with Crippen LogP contribution in [-0.2, 0) is 0 Å². The molecular formula is C22H23N7. The van der Waals surface area contributed by atoms with E-state index in [2.05, 4.69) is 77.7 Å². The summed E-state index contributed by atoms with van der Waals surface area (Å²) in [6.45, 7) is 3.76.